The Labute approximate surface area is 125 Å². The zero-order valence-corrected chi connectivity index (χ0v) is 12.5. The Morgan fingerprint density at radius 2 is 1.62 bits per heavy atom. The summed E-state index contributed by atoms with van der Waals surface area (Å²) in [6, 6.07) is 13.7. The van der Waals surface area contributed by atoms with Crippen LogP contribution in [0.1, 0.15) is 11.1 Å². The van der Waals surface area contributed by atoms with Crippen LogP contribution in [0.5, 0.6) is 17.2 Å². The highest BCUT2D eigenvalue weighted by Crippen LogP contribution is 2.26. The fraction of sp³-hybridized carbons (Fsp3) is 0.294. The minimum atomic E-state index is 0.448. The topological polar surface area (TPSA) is 53.7 Å². The van der Waals surface area contributed by atoms with Crippen molar-refractivity contribution in [3.05, 3.63) is 53.6 Å². The smallest absolute Gasteiger partial charge is 0.129 e. The molecule has 0 aliphatic carbocycles. The van der Waals surface area contributed by atoms with Crippen molar-refractivity contribution in [2.75, 3.05) is 20.8 Å². The van der Waals surface area contributed by atoms with Gasteiger partial charge in [0.1, 0.15) is 23.9 Å². The lowest BCUT2D eigenvalue weighted by atomic mass is 10.1. The molecule has 112 valence electrons. The summed E-state index contributed by atoms with van der Waals surface area (Å²) in [4.78, 5) is 0. The third-order valence-electron chi connectivity index (χ3n) is 3.24. The van der Waals surface area contributed by atoms with Crippen molar-refractivity contribution in [1.82, 2.24) is 0 Å². The number of hydrogen-bond donors (Lipinski definition) is 1. The van der Waals surface area contributed by atoms with Crippen LogP contribution in [0.4, 0.5) is 0 Å². The zero-order valence-electron chi connectivity index (χ0n) is 12.5. The predicted octanol–water partition coefficient (Wildman–Crippen LogP) is 2.78. The summed E-state index contributed by atoms with van der Waals surface area (Å²) in [6.45, 7) is 1.10. The van der Waals surface area contributed by atoms with Crippen molar-refractivity contribution in [3.63, 3.8) is 0 Å². The molecule has 0 amide bonds. The highest BCUT2D eigenvalue weighted by Gasteiger charge is 2.06. The van der Waals surface area contributed by atoms with Gasteiger partial charge in [-0.05, 0) is 42.8 Å². The van der Waals surface area contributed by atoms with E-state index in [1.807, 2.05) is 42.5 Å². The molecule has 2 N–H and O–H groups in total. The first-order chi connectivity index (χ1) is 10.3. The molecule has 0 aliphatic heterocycles. The molecule has 4 heteroatoms. The summed E-state index contributed by atoms with van der Waals surface area (Å²) in [5.41, 5.74) is 7.72. The Hall–Kier alpha value is -2.20. The summed E-state index contributed by atoms with van der Waals surface area (Å²) in [7, 11) is 3.27. The first-order valence-electron chi connectivity index (χ1n) is 6.89. The van der Waals surface area contributed by atoms with E-state index in [1.165, 1.54) is 5.56 Å². The lowest BCUT2D eigenvalue weighted by molar-refractivity contribution is 0.296. The second-order valence-electron chi connectivity index (χ2n) is 4.65. The second kappa shape index (κ2) is 7.55. The maximum absolute atomic E-state index is 5.79. The summed E-state index contributed by atoms with van der Waals surface area (Å²) < 4.78 is 16.3. The van der Waals surface area contributed by atoms with Crippen molar-refractivity contribution in [2.24, 2.45) is 5.73 Å². The van der Waals surface area contributed by atoms with E-state index < -0.39 is 0 Å². The van der Waals surface area contributed by atoms with Gasteiger partial charge < -0.3 is 19.9 Å². The molecular weight excluding hydrogens is 266 g/mol. The van der Waals surface area contributed by atoms with Crippen LogP contribution >= 0.6 is 0 Å². The van der Waals surface area contributed by atoms with Gasteiger partial charge in [0.2, 0.25) is 0 Å². The molecule has 0 atom stereocenters. The van der Waals surface area contributed by atoms with Crippen LogP contribution in [0.3, 0.4) is 0 Å². The maximum Gasteiger partial charge on any atom is 0.129 e. The maximum atomic E-state index is 5.79. The minimum absolute atomic E-state index is 0.448. The predicted molar refractivity (Wildman–Crippen MR) is 83.1 cm³/mol. The van der Waals surface area contributed by atoms with Crippen LogP contribution in [-0.2, 0) is 13.0 Å². The zero-order chi connectivity index (χ0) is 15.1. The van der Waals surface area contributed by atoms with E-state index in [-0.39, 0.29) is 0 Å². The number of ether oxygens (including phenoxy) is 3. The Bertz CT molecular complexity index is 567. The molecular formula is C17H21NO3. The first-order valence-corrected chi connectivity index (χ1v) is 6.89. The van der Waals surface area contributed by atoms with Gasteiger partial charge in [-0.1, -0.05) is 12.1 Å². The van der Waals surface area contributed by atoms with Crippen LogP contribution in [0.25, 0.3) is 0 Å². The molecule has 21 heavy (non-hydrogen) atoms. The van der Waals surface area contributed by atoms with E-state index in [2.05, 4.69) is 0 Å². The number of hydrogen-bond acceptors (Lipinski definition) is 4. The van der Waals surface area contributed by atoms with Gasteiger partial charge in [0, 0.05) is 11.6 Å². The summed E-state index contributed by atoms with van der Waals surface area (Å²) >= 11 is 0. The fourth-order valence-corrected chi connectivity index (χ4v) is 2.05. The van der Waals surface area contributed by atoms with Gasteiger partial charge in [-0.15, -0.1) is 0 Å². The average molecular weight is 287 g/mol. The van der Waals surface area contributed by atoms with Gasteiger partial charge in [0.15, 0.2) is 0 Å². The molecule has 0 aromatic heterocycles. The van der Waals surface area contributed by atoms with Gasteiger partial charge >= 0.3 is 0 Å². The van der Waals surface area contributed by atoms with Crippen LogP contribution < -0.4 is 19.9 Å². The van der Waals surface area contributed by atoms with Crippen molar-refractivity contribution < 1.29 is 14.2 Å². The minimum Gasteiger partial charge on any atom is -0.497 e. The highest BCUT2D eigenvalue weighted by atomic mass is 16.5. The van der Waals surface area contributed by atoms with E-state index >= 15 is 0 Å². The standard InChI is InChI=1S/C17H21NO3/c1-19-16-8-5-14(17(11-16)20-2)12-21-15-6-3-13(4-7-15)9-10-18/h3-8,11H,9-10,12,18H2,1-2H3. The van der Waals surface area contributed by atoms with Crippen molar-refractivity contribution >= 4 is 0 Å². The molecule has 0 fully saturated rings. The SMILES string of the molecule is COc1ccc(COc2ccc(CCN)cc2)c(OC)c1. The third-order valence-corrected chi connectivity index (χ3v) is 3.24. The normalized spacial score (nSPS) is 10.2. The van der Waals surface area contributed by atoms with Crippen LogP contribution in [-0.4, -0.2) is 20.8 Å². The molecule has 2 rings (SSSR count). The molecule has 2 aromatic carbocycles. The molecule has 0 saturated heterocycles. The summed E-state index contributed by atoms with van der Waals surface area (Å²) in [5, 5.41) is 0. The van der Waals surface area contributed by atoms with Crippen molar-refractivity contribution in [2.45, 2.75) is 13.0 Å². The van der Waals surface area contributed by atoms with Crippen molar-refractivity contribution in [3.8, 4) is 17.2 Å². The molecule has 0 spiro atoms. The Morgan fingerprint density at radius 3 is 2.24 bits per heavy atom. The summed E-state index contributed by atoms with van der Waals surface area (Å²) in [5.74, 6) is 2.35. The molecule has 0 heterocycles. The third kappa shape index (κ3) is 4.13. The quantitative estimate of drug-likeness (QED) is 0.851. The highest BCUT2D eigenvalue weighted by molar-refractivity contribution is 5.40. The Morgan fingerprint density at radius 1 is 0.905 bits per heavy atom. The number of nitrogens with two attached hydrogens (primary N) is 1. The molecule has 0 unspecified atom stereocenters. The summed E-state index contributed by atoms with van der Waals surface area (Å²) in [6.07, 6.45) is 0.882. The van der Waals surface area contributed by atoms with Gasteiger partial charge in [-0.2, -0.15) is 0 Å². The van der Waals surface area contributed by atoms with E-state index in [0.717, 1.165) is 29.2 Å². The van der Waals surface area contributed by atoms with Crippen LogP contribution in [0.2, 0.25) is 0 Å². The van der Waals surface area contributed by atoms with Gasteiger partial charge in [-0.25, -0.2) is 0 Å². The van der Waals surface area contributed by atoms with Crippen LogP contribution in [0, 0.1) is 0 Å². The van der Waals surface area contributed by atoms with E-state index in [1.54, 1.807) is 14.2 Å². The van der Waals surface area contributed by atoms with E-state index in [0.29, 0.717) is 13.2 Å². The number of rotatable bonds is 7. The largest absolute Gasteiger partial charge is 0.497 e. The average Bonchev–Trinajstić information content (AvgIpc) is 2.54. The van der Waals surface area contributed by atoms with Gasteiger partial charge in [0.25, 0.3) is 0 Å². The number of methoxy groups -OCH3 is 2. The molecule has 4 nitrogen and oxygen atoms in total. The van der Waals surface area contributed by atoms with Crippen LogP contribution in [0.15, 0.2) is 42.5 Å². The Kier molecular flexibility index (Phi) is 5.46. The number of benzene rings is 2. The fourth-order valence-electron chi connectivity index (χ4n) is 2.05. The molecule has 2 aromatic rings. The second-order valence-corrected chi connectivity index (χ2v) is 4.65. The molecule has 0 radical (unpaired) electrons. The van der Waals surface area contributed by atoms with E-state index in [9.17, 15) is 0 Å². The molecule has 0 saturated carbocycles. The van der Waals surface area contributed by atoms with Crippen molar-refractivity contribution in [1.29, 1.82) is 0 Å². The lowest BCUT2D eigenvalue weighted by Crippen LogP contribution is -2.02. The van der Waals surface area contributed by atoms with E-state index in [4.69, 9.17) is 19.9 Å². The Balaban J connectivity index is 2.02. The molecule has 0 aliphatic rings. The first kappa shape index (κ1) is 15.2. The molecule has 0 bridgehead atoms. The van der Waals surface area contributed by atoms with Gasteiger partial charge in [0.05, 0.1) is 14.2 Å². The monoisotopic (exact) mass is 287 g/mol. The lowest BCUT2D eigenvalue weighted by Gasteiger charge is -2.12. The van der Waals surface area contributed by atoms with Gasteiger partial charge in [-0.3, -0.25) is 0 Å².